The Morgan fingerprint density at radius 3 is 2.29 bits per heavy atom. The zero-order chi connectivity index (χ0) is 19.0. The van der Waals surface area contributed by atoms with Gasteiger partial charge in [-0.25, -0.2) is 4.79 Å². The second-order valence-electron chi connectivity index (χ2n) is 8.47. The molecule has 136 valence electrons. The Hall–Kier alpha value is -1.65. The number of hydroxylamine groups is 2. The number of carbonyl (C=O) groups excluding carboxylic acids is 2. The number of nitrogens with zero attached hydrogens (tertiary/aromatic N) is 2. The van der Waals surface area contributed by atoms with Crippen molar-refractivity contribution in [3.05, 3.63) is 0 Å². The number of hydrogen-bond donors (Lipinski definition) is 0. The van der Waals surface area contributed by atoms with Gasteiger partial charge in [0.25, 0.3) is 0 Å². The van der Waals surface area contributed by atoms with Crippen LogP contribution in [0.15, 0.2) is 0 Å². The largest absolute Gasteiger partial charge is 0.463 e. The summed E-state index contributed by atoms with van der Waals surface area (Å²) in [6.07, 6.45) is 0. The second-order valence-corrected chi connectivity index (χ2v) is 8.47. The third-order valence-corrected chi connectivity index (χ3v) is 3.73. The lowest BCUT2D eigenvalue weighted by Gasteiger charge is -2.51. The summed E-state index contributed by atoms with van der Waals surface area (Å²) in [4.78, 5) is 30.1. The van der Waals surface area contributed by atoms with Gasteiger partial charge < -0.3 is 9.47 Å². The highest BCUT2D eigenvalue weighted by atomic mass is 16.7. The lowest BCUT2D eigenvalue weighted by molar-refractivity contribution is -0.331. The molecule has 0 bridgehead atoms. The molecule has 0 radical (unpaired) electrons. The molecule has 1 aliphatic heterocycles. The van der Waals surface area contributed by atoms with Gasteiger partial charge >= 0.3 is 11.9 Å². The zero-order valence-electron chi connectivity index (χ0n) is 15.8. The van der Waals surface area contributed by atoms with Crippen molar-refractivity contribution in [1.82, 2.24) is 5.06 Å². The maximum Gasteiger partial charge on any atom is 0.328 e. The molecule has 0 N–H and O–H groups in total. The summed E-state index contributed by atoms with van der Waals surface area (Å²) in [5.41, 5.74) is -3.83. The molecule has 0 aromatic carbocycles. The Balaban J connectivity index is 3.10. The Bertz CT molecular complexity index is 556. The Kier molecular flexibility index (Phi) is 5.39. The predicted octanol–water partition coefficient (Wildman–Crippen LogP) is 2.21. The van der Waals surface area contributed by atoms with Crippen molar-refractivity contribution >= 4 is 11.9 Å². The molecule has 0 amide bonds. The van der Waals surface area contributed by atoms with Crippen molar-refractivity contribution in [2.75, 3.05) is 13.2 Å². The maximum atomic E-state index is 12.2. The number of cyclic esters (lactones) is 1. The molecule has 0 spiro atoms. The average Bonchev–Trinajstić information content (AvgIpc) is 2.45. The van der Waals surface area contributed by atoms with Crippen LogP contribution in [0, 0.1) is 16.7 Å². The van der Waals surface area contributed by atoms with Crippen molar-refractivity contribution in [2.45, 2.75) is 72.1 Å². The van der Waals surface area contributed by atoms with E-state index in [1.54, 1.807) is 55.4 Å². The highest BCUT2D eigenvalue weighted by Crippen LogP contribution is 2.35. The maximum absolute atomic E-state index is 12.2. The monoisotopic (exact) mass is 340 g/mol. The van der Waals surface area contributed by atoms with Crippen LogP contribution in [-0.2, 0) is 23.9 Å². The summed E-state index contributed by atoms with van der Waals surface area (Å²) in [5, 5.41) is 10.7. The van der Waals surface area contributed by atoms with E-state index in [2.05, 4.69) is 0 Å². The first-order valence-electron chi connectivity index (χ1n) is 7.91. The lowest BCUT2D eigenvalue weighted by Crippen LogP contribution is -2.69. The van der Waals surface area contributed by atoms with Crippen LogP contribution in [0.1, 0.15) is 55.4 Å². The van der Waals surface area contributed by atoms with E-state index in [9.17, 15) is 14.9 Å². The summed E-state index contributed by atoms with van der Waals surface area (Å²) in [7, 11) is 0. The molecular formula is C17H28N2O5. The fourth-order valence-electron chi connectivity index (χ4n) is 2.22. The molecule has 1 aliphatic rings. The summed E-state index contributed by atoms with van der Waals surface area (Å²) >= 11 is 0. The molecule has 0 aromatic heterocycles. The predicted molar refractivity (Wildman–Crippen MR) is 86.5 cm³/mol. The molecule has 7 nitrogen and oxygen atoms in total. The number of nitriles is 1. The lowest BCUT2D eigenvalue weighted by atomic mass is 9.92. The fraction of sp³-hybridized carbons (Fsp3) is 0.824. The summed E-state index contributed by atoms with van der Waals surface area (Å²) in [5.74, 6) is -0.825. The summed E-state index contributed by atoms with van der Waals surface area (Å²) < 4.78 is 10.7. The van der Waals surface area contributed by atoms with Gasteiger partial charge in [-0.15, -0.1) is 0 Å². The molecule has 7 heteroatoms. The number of carbonyl (C=O) groups is 2. The minimum Gasteiger partial charge on any atom is -0.463 e. The quantitative estimate of drug-likeness (QED) is 0.725. The van der Waals surface area contributed by atoms with Gasteiger partial charge in [-0.2, -0.15) is 10.3 Å². The Morgan fingerprint density at radius 2 is 1.83 bits per heavy atom. The summed E-state index contributed by atoms with van der Waals surface area (Å²) in [6, 6.07) is 2.04. The van der Waals surface area contributed by atoms with Crippen molar-refractivity contribution in [3.8, 4) is 6.07 Å². The van der Waals surface area contributed by atoms with E-state index in [0.29, 0.717) is 0 Å². The van der Waals surface area contributed by atoms with E-state index in [4.69, 9.17) is 14.3 Å². The van der Waals surface area contributed by atoms with Gasteiger partial charge in [-0.05, 0) is 55.4 Å². The van der Waals surface area contributed by atoms with E-state index < -0.39 is 28.1 Å². The molecule has 1 saturated heterocycles. The first-order chi connectivity index (χ1) is 10.7. The molecule has 1 rings (SSSR count). The number of hydrogen-bond acceptors (Lipinski definition) is 7. The standard InChI is InChI=1S/C17H28N2O5/c1-14(2,3)12(20)22-10-17(8)11-23-13(21)16(6,7)19(17)24-15(4,5)9-18/h10-11H2,1-8H3. The van der Waals surface area contributed by atoms with Crippen LogP contribution >= 0.6 is 0 Å². The minimum absolute atomic E-state index is 0.00576. The van der Waals surface area contributed by atoms with Crippen LogP contribution < -0.4 is 0 Å². The van der Waals surface area contributed by atoms with Crippen molar-refractivity contribution in [3.63, 3.8) is 0 Å². The SMILES string of the molecule is CC(C)(C#N)ON1C(C)(COC(=O)C(C)(C)C)COC(=O)C1(C)C. The first-order valence-corrected chi connectivity index (χ1v) is 7.91. The van der Waals surface area contributed by atoms with E-state index in [1.165, 1.54) is 5.06 Å². The van der Waals surface area contributed by atoms with Crippen LogP contribution in [0.2, 0.25) is 0 Å². The summed E-state index contributed by atoms with van der Waals surface area (Å²) in [6.45, 7) is 13.5. The van der Waals surface area contributed by atoms with E-state index in [0.717, 1.165) is 0 Å². The first kappa shape index (κ1) is 20.4. The van der Waals surface area contributed by atoms with Crippen LogP contribution in [-0.4, -0.2) is 46.9 Å². The van der Waals surface area contributed by atoms with Crippen molar-refractivity contribution in [1.29, 1.82) is 5.26 Å². The Labute approximate surface area is 143 Å². The molecule has 1 heterocycles. The molecule has 1 fully saturated rings. The van der Waals surface area contributed by atoms with Crippen LogP contribution in [0.25, 0.3) is 0 Å². The second kappa shape index (κ2) is 6.34. The van der Waals surface area contributed by atoms with E-state index in [1.807, 2.05) is 6.07 Å². The van der Waals surface area contributed by atoms with Gasteiger partial charge in [0.2, 0.25) is 0 Å². The number of rotatable bonds is 4. The van der Waals surface area contributed by atoms with Crippen molar-refractivity contribution in [2.24, 2.45) is 5.41 Å². The van der Waals surface area contributed by atoms with Crippen molar-refractivity contribution < 1.29 is 23.9 Å². The minimum atomic E-state index is -1.15. The average molecular weight is 340 g/mol. The van der Waals surface area contributed by atoms with Crippen LogP contribution in [0.3, 0.4) is 0 Å². The topological polar surface area (TPSA) is 88.9 Å². The van der Waals surface area contributed by atoms with E-state index >= 15 is 0 Å². The third-order valence-electron chi connectivity index (χ3n) is 3.73. The molecule has 0 saturated carbocycles. The Morgan fingerprint density at radius 1 is 1.29 bits per heavy atom. The molecule has 0 aliphatic carbocycles. The molecular weight excluding hydrogens is 312 g/mol. The molecule has 24 heavy (non-hydrogen) atoms. The number of ether oxygens (including phenoxy) is 2. The zero-order valence-corrected chi connectivity index (χ0v) is 15.8. The molecule has 1 unspecified atom stereocenters. The van der Waals surface area contributed by atoms with Gasteiger partial charge in [0.15, 0.2) is 5.60 Å². The van der Waals surface area contributed by atoms with Gasteiger partial charge in [-0.1, -0.05) is 0 Å². The number of esters is 2. The van der Waals surface area contributed by atoms with Gasteiger partial charge in [0.1, 0.15) is 24.3 Å². The molecule has 0 aromatic rings. The van der Waals surface area contributed by atoms with Crippen LogP contribution in [0.5, 0.6) is 0 Å². The van der Waals surface area contributed by atoms with E-state index in [-0.39, 0.29) is 19.2 Å². The van der Waals surface area contributed by atoms with Crippen LogP contribution in [0.4, 0.5) is 0 Å². The smallest absolute Gasteiger partial charge is 0.328 e. The third kappa shape index (κ3) is 4.25. The molecule has 1 atom stereocenters. The van der Waals surface area contributed by atoms with Gasteiger partial charge in [-0.3, -0.25) is 9.63 Å². The highest BCUT2D eigenvalue weighted by molar-refractivity contribution is 5.80. The number of morpholine rings is 1. The normalized spacial score (nSPS) is 24.9. The fourth-order valence-corrected chi connectivity index (χ4v) is 2.22. The highest BCUT2D eigenvalue weighted by Gasteiger charge is 2.54. The van der Waals surface area contributed by atoms with Gasteiger partial charge in [0, 0.05) is 0 Å². The van der Waals surface area contributed by atoms with Gasteiger partial charge in [0.05, 0.1) is 11.5 Å².